The number of hydrogen-bond donors (Lipinski definition) is 4. The van der Waals surface area contributed by atoms with Crippen LogP contribution in [0.2, 0.25) is 0 Å². The summed E-state index contributed by atoms with van der Waals surface area (Å²) in [6.45, 7) is 3.04. The van der Waals surface area contributed by atoms with E-state index >= 15 is 17.6 Å². The van der Waals surface area contributed by atoms with Gasteiger partial charge in [0.05, 0.1) is 46.2 Å². The van der Waals surface area contributed by atoms with Crippen LogP contribution in [0.4, 0.5) is 28.9 Å². The molecule has 0 bridgehead atoms. The Morgan fingerprint density at radius 1 is 0.574 bits per heavy atom. The van der Waals surface area contributed by atoms with Crippen molar-refractivity contribution in [3.05, 3.63) is 82.4 Å². The first-order valence-corrected chi connectivity index (χ1v) is 20.2. The molecule has 12 heteroatoms. The van der Waals surface area contributed by atoms with E-state index in [1.807, 2.05) is 9.80 Å². The van der Waals surface area contributed by atoms with Crippen LogP contribution in [0.25, 0.3) is 22.1 Å². The van der Waals surface area contributed by atoms with Crippen LogP contribution >= 0.6 is 0 Å². The van der Waals surface area contributed by atoms with E-state index in [1.54, 1.807) is 12.1 Å². The number of aromatic nitrogens is 4. The fourth-order valence-electron chi connectivity index (χ4n) is 10.6. The van der Waals surface area contributed by atoms with Crippen LogP contribution in [-0.2, 0) is 0 Å². The molecule has 4 N–H and O–H groups in total. The van der Waals surface area contributed by atoms with Gasteiger partial charge in [0.2, 0.25) is 0 Å². The smallest absolute Gasteiger partial charge is 0.151 e. The normalized spacial score (nSPS) is 25.9. The van der Waals surface area contributed by atoms with Crippen molar-refractivity contribution in [3.8, 4) is 0 Å². The van der Waals surface area contributed by atoms with E-state index in [9.17, 15) is 0 Å². The SMILES string of the molecule is Fc1cc2nc([C@@H]3CCCN3)[nH]c2cc1[C@H]1CC[C@@H](c2cc3[nH]c([C@@H]4CCCN4)nc3cc2F)N1c1cc(F)c(N2CCC3(CCCCC3)CC2)c(F)c1. The van der Waals surface area contributed by atoms with Gasteiger partial charge in [-0.1, -0.05) is 19.3 Å². The fourth-order valence-corrected chi connectivity index (χ4v) is 10.6. The van der Waals surface area contributed by atoms with Gasteiger partial charge in [0, 0.05) is 42.0 Å². The van der Waals surface area contributed by atoms with Gasteiger partial charge in [-0.05, 0) is 107 Å². The maximum atomic E-state index is 16.4. The number of nitrogens with zero attached hydrogens (tertiary/aromatic N) is 4. The third-order valence-electron chi connectivity index (χ3n) is 13.5. The zero-order chi connectivity index (χ0) is 36.6. The molecule has 2 aromatic heterocycles. The average molecular weight is 741 g/mol. The molecule has 6 heterocycles. The molecule has 4 saturated heterocycles. The van der Waals surface area contributed by atoms with Gasteiger partial charge >= 0.3 is 0 Å². The Bertz CT molecular complexity index is 2050. The number of fused-ring (bicyclic) bond motifs is 2. The van der Waals surface area contributed by atoms with Crippen LogP contribution in [-0.4, -0.2) is 46.1 Å². The van der Waals surface area contributed by atoms with Crippen molar-refractivity contribution in [2.24, 2.45) is 5.41 Å². The molecule has 284 valence electrons. The Morgan fingerprint density at radius 2 is 1.09 bits per heavy atom. The molecule has 54 heavy (non-hydrogen) atoms. The Balaban J connectivity index is 1.03. The molecule has 0 amide bonds. The van der Waals surface area contributed by atoms with E-state index < -0.39 is 35.4 Å². The standard InChI is InChI=1S/C42H48F4N8/c43-27-22-35-33(49-40(51-35)31-6-4-14-47-31)20-25(27)37-8-9-38(26-21-34-36(23-28(26)44)52-41(50-34)32-7-5-15-48-32)54(37)24-18-29(45)39(30(46)19-24)53-16-12-42(13-17-53)10-2-1-3-11-42/h18-23,31-32,37-38,47-48H,1-17H2,(H,49,51)(H,50,52)/t31-,32-,37-,38+/m0/s1. The van der Waals surface area contributed by atoms with Gasteiger partial charge < -0.3 is 30.4 Å². The van der Waals surface area contributed by atoms with Crippen molar-refractivity contribution < 1.29 is 17.6 Å². The number of rotatable bonds is 6. The third-order valence-corrected chi connectivity index (χ3v) is 13.5. The largest absolute Gasteiger partial charge is 0.367 e. The van der Waals surface area contributed by atoms with Crippen molar-refractivity contribution in [1.82, 2.24) is 30.6 Å². The molecule has 8 nitrogen and oxygen atoms in total. The van der Waals surface area contributed by atoms with Crippen molar-refractivity contribution in [3.63, 3.8) is 0 Å². The van der Waals surface area contributed by atoms with Gasteiger partial charge in [0.15, 0.2) is 11.6 Å². The number of imidazole rings is 2. The van der Waals surface area contributed by atoms with Crippen LogP contribution in [0.15, 0.2) is 36.4 Å². The molecule has 10 rings (SSSR count). The van der Waals surface area contributed by atoms with Gasteiger partial charge in [-0.2, -0.15) is 0 Å². The zero-order valence-electron chi connectivity index (χ0n) is 30.6. The Labute approximate surface area is 312 Å². The Kier molecular flexibility index (Phi) is 8.61. The molecular weight excluding hydrogens is 693 g/mol. The first-order chi connectivity index (χ1) is 26.3. The number of H-pyrrole nitrogens is 2. The minimum Gasteiger partial charge on any atom is -0.367 e. The molecule has 0 radical (unpaired) electrons. The van der Waals surface area contributed by atoms with Crippen molar-refractivity contribution in [2.75, 3.05) is 36.0 Å². The minimum absolute atomic E-state index is 0.00655. The number of hydrogen-bond acceptors (Lipinski definition) is 6. The number of aromatic amines is 2. The third kappa shape index (κ3) is 5.95. The summed E-state index contributed by atoms with van der Waals surface area (Å²) < 4.78 is 65.4. The van der Waals surface area contributed by atoms with E-state index in [0.29, 0.717) is 64.5 Å². The molecule has 4 atom stereocenters. The van der Waals surface area contributed by atoms with Crippen LogP contribution in [0.5, 0.6) is 0 Å². The van der Waals surface area contributed by atoms with Crippen LogP contribution in [0.1, 0.15) is 130 Å². The molecule has 1 spiro atoms. The summed E-state index contributed by atoms with van der Waals surface area (Å²) in [7, 11) is 0. The number of nitrogens with one attached hydrogen (secondary N) is 4. The summed E-state index contributed by atoms with van der Waals surface area (Å²) in [6.07, 6.45) is 12.9. The molecule has 1 saturated carbocycles. The van der Waals surface area contributed by atoms with Crippen LogP contribution in [0, 0.1) is 28.7 Å². The lowest BCUT2D eigenvalue weighted by molar-refractivity contribution is 0.144. The lowest BCUT2D eigenvalue weighted by atomic mass is 9.68. The first kappa shape index (κ1) is 34.3. The Hall–Kier alpha value is -4.16. The van der Waals surface area contributed by atoms with Crippen molar-refractivity contribution in [1.29, 1.82) is 0 Å². The second-order valence-corrected chi connectivity index (χ2v) is 16.6. The van der Waals surface area contributed by atoms with E-state index in [2.05, 4.69) is 20.6 Å². The number of piperidine rings is 1. The second-order valence-electron chi connectivity index (χ2n) is 16.6. The summed E-state index contributed by atoms with van der Waals surface area (Å²) in [5, 5.41) is 6.89. The topological polar surface area (TPSA) is 87.9 Å². The highest BCUT2D eigenvalue weighted by atomic mass is 19.1. The molecule has 4 aliphatic heterocycles. The molecule has 5 aliphatic rings. The number of halogens is 4. The fraction of sp³-hybridized carbons (Fsp3) is 0.524. The molecule has 1 aliphatic carbocycles. The lowest BCUT2D eigenvalue weighted by Crippen LogP contribution is -2.41. The monoisotopic (exact) mass is 740 g/mol. The highest BCUT2D eigenvalue weighted by Gasteiger charge is 2.41. The Morgan fingerprint density at radius 3 is 1.57 bits per heavy atom. The quantitative estimate of drug-likeness (QED) is 0.130. The lowest BCUT2D eigenvalue weighted by Gasteiger charge is -2.45. The summed E-state index contributed by atoms with van der Waals surface area (Å²) in [5.74, 6) is -0.647. The maximum Gasteiger partial charge on any atom is 0.151 e. The van der Waals surface area contributed by atoms with Gasteiger partial charge in [-0.25, -0.2) is 27.5 Å². The predicted octanol–water partition coefficient (Wildman–Crippen LogP) is 9.48. The average Bonchev–Trinajstić information content (AvgIpc) is 4.01. The number of benzene rings is 3. The second kappa shape index (κ2) is 13.5. The summed E-state index contributed by atoms with van der Waals surface area (Å²) in [5.41, 5.74) is 3.78. The van der Waals surface area contributed by atoms with Crippen molar-refractivity contribution >= 4 is 33.4 Å². The van der Waals surface area contributed by atoms with Gasteiger partial charge in [0.1, 0.15) is 29.0 Å². The highest BCUT2D eigenvalue weighted by Crippen LogP contribution is 2.51. The predicted molar refractivity (Wildman–Crippen MR) is 203 cm³/mol. The minimum atomic E-state index is -0.648. The van der Waals surface area contributed by atoms with Crippen molar-refractivity contribution in [2.45, 2.75) is 108 Å². The molecular formula is C42H48F4N8. The molecule has 5 aromatic rings. The molecule has 3 aromatic carbocycles. The van der Waals surface area contributed by atoms with Crippen LogP contribution in [0.3, 0.4) is 0 Å². The molecule has 5 fully saturated rings. The summed E-state index contributed by atoms with van der Waals surface area (Å²) >= 11 is 0. The van der Waals surface area contributed by atoms with E-state index in [-0.39, 0.29) is 23.5 Å². The zero-order valence-corrected chi connectivity index (χ0v) is 30.6. The highest BCUT2D eigenvalue weighted by molar-refractivity contribution is 5.78. The van der Waals surface area contributed by atoms with E-state index in [4.69, 9.17) is 9.97 Å². The van der Waals surface area contributed by atoms with Gasteiger partial charge in [-0.15, -0.1) is 0 Å². The van der Waals surface area contributed by atoms with Crippen LogP contribution < -0.4 is 20.4 Å². The molecule has 0 unspecified atom stereocenters. The summed E-state index contributed by atoms with van der Waals surface area (Å²) in [4.78, 5) is 19.9. The van der Waals surface area contributed by atoms with E-state index in [0.717, 1.165) is 63.3 Å². The van der Waals surface area contributed by atoms with E-state index in [1.165, 1.54) is 56.4 Å². The first-order valence-electron chi connectivity index (χ1n) is 20.2. The summed E-state index contributed by atoms with van der Waals surface area (Å²) in [6, 6.07) is 8.14. The maximum absolute atomic E-state index is 16.4. The number of anilines is 2. The van der Waals surface area contributed by atoms with Gasteiger partial charge in [0.25, 0.3) is 0 Å². The van der Waals surface area contributed by atoms with Gasteiger partial charge in [-0.3, -0.25) is 0 Å².